The Kier molecular flexibility index (Phi) is 5.50. The molecule has 0 bridgehead atoms. The molecule has 1 aromatic carbocycles. The third-order valence-corrected chi connectivity index (χ3v) is 3.16. The van der Waals surface area contributed by atoms with Gasteiger partial charge in [0, 0.05) is 6.04 Å². The lowest BCUT2D eigenvalue weighted by atomic mass is 10.0. The highest BCUT2D eigenvalue weighted by atomic mass is 16.3. The number of unbranched alkanes of at least 4 members (excludes halogenated alkanes) is 1. The Labute approximate surface area is 98.9 Å². The quantitative estimate of drug-likeness (QED) is 0.798. The number of rotatable bonds is 6. The maximum Gasteiger partial charge on any atom is 0.0942 e. The maximum absolute atomic E-state index is 10.2. The predicted octanol–water partition coefficient (Wildman–Crippen LogP) is 2.84. The number of benzene rings is 1. The van der Waals surface area contributed by atoms with E-state index < -0.39 is 6.10 Å². The molecule has 0 fully saturated rings. The van der Waals surface area contributed by atoms with Crippen LogP contribution in [-0.2, 0) is 0 Å². The Balaban J connectivity index is 2.56. The summed E-state index contributed by atoms with van der Waals surface area (Å²) in [5.41, 5.74) is 0.998. The van der Waals surface area contributed by atoms with Gasteiger partial charge in [0.05, 0.1) is 6.10 Å². The Morgan fingerprint density at radius 1 is 1.25 bits per heavy atom. The zero-order chi connectivity index (χ0) is 12.0. The number of aliphatic hydroxyl groups is 1. The van der Waals surface area contributed by atoms with Crippen molar-refractivity contribution < 1.29 is 5.11 Å². The second-order valence-electron chi connectivity index (χ2n) is 4.43. The van der Waals surface area contributed by atoms with Crippen molar-refractivity contribution >= 4 is 0 Å². The molecule has 0 radical (unpaired) electrons. The van der Waals surface area contributed by atoms with Crippen LogP contribution in [0.1, 0.15) is 38.4 Å². The molecule has 16 heavy (non-hydrogen) atoms. The Morgan fingerprint density at radius 2 is 1.88 bits per heavy atom. The molecule has 0 saturated heterocycles. The first-order valence-electron chi connectivity index (χ1n) is 6.10. The summed E-state index contributed by atoms with van der Waals surface area (Å²) >= 11 is 0. The average molecular weight is 221 g/mol. The average Bonchev–Trinajstić information content (AvgIpc) is 2.35. The zero-order valence-corrected chi connectivity index (χ0v) is 10.6. The van der Waals surface area contributed by atoms with Gasteiger partial charge in [0.1, 0.15) is 0 Å². The standard InChI is InChI=1S/C14H23NO/c1-4-5-11-15(3)12(2)14(16)13-9-7-6-8-10-13/h6-10,12,14,16H,4-5,11H2,1-3H3/t12-,14+/m1/s1. The number of likely N-dealkylation sites (N-methyl/N-ethyl adjacent to an activating group) is 1. The van der Waals surface area contributed by atoms with E-state index in [4.69, 9.17) is 0 Å². The fourth-order valence-electron chi connectivity index (χ4n) is 1.78. The summed E-state index contributed by atoms with van der Waals surface area (Å²) in [5.74, 6) is 0. The van der Waals surface area contributed by atoms with E-state index >= 15 is 0 Å². The molecule has 0 spiro atoms. The summed E-state index contributed by atoms with van der Waals surface area (Å²) in [6.07, 6.45) is 1.98. The van der Waals surface area contributed by atoms with Crippen molar-refractivity contribution in [1.29, 1.82) is 0 Å². The number of aliphatic hydroxyl groups excluding tert-OH is 1. The molecule has 0 aromatic heterocycles. The van der Waals surface area contributed by atoms with Gasteiger partial charge in [-0.25, -0.2) is 0 Å². The molecule has 1 rings (SSSR count). The van der Waals surface area contributed by atoms with Crippen molar-refractivity contribution in [2.24, 2.45) is 0 Å². The predicted molar refractivity (Wildman–Crippen MR) is 68.4 cm³/mol. The molecule has 0 amide bonds. The fraction of sp³-hybridized carbons (Fsp3) is 0.571. The second-order valence-corrected chi connectivity index (χ2v) is 4.43. The highest BCUT2D eigenvalue weighted by molar-refractivity contribution is 5.18. The van der Waals surface area contributed by atoms with Crippen molar-refractivity contribution in [3.8, 4) is 0 Å². The molecule has 0 saturated carbocycles. The van der Waals surface area contributed by atoms with Gasteiger partial charge >= 0.3 is 0 Å². The molecule has 90 valence electrons. The van der Waals surface area contributed by atoms with Crippen LogP contribution in [0.4, 0.5) is 0 Å². The summed E-state index contributed by atoms with van der Waals surface area (Å²) in [6.45, 7) is 5.31. The molecular weight excluding hydrogens is 198 g/mol. The van der Waals surface area contributed by atoms with Gasteiger partial charge in [-0.15, -0.1) is 0 Å². The zero-order valence-electron chi connectivity index (χ0n) is 10.6. The number of hydrogen-bond acceptors (Lipinski definition) is 2. The van der Waals surface area contributed by atoms with Gasteiger partial charge in [0.25, 0.3) is 0 Å². The molecule has 0 aliphatic carbocycles. The van der Waals surface area contributed by atoms with E-state index in [-0.39, 0.29) is 6.04 Å². The van der Waals surface area contributed by atoms with Gasteiger partial charge in [0.15, 0.2) is 0 Å². The molecule has 0 heterocycles. The second kappa shape index (κ2) is 6.66. The van der Waals surface area contributed by atoms with Gasteiger partial charge in [-0.3, -0.25) is 0 Å². The van der Waals surface area contributed by atoms with Crippen LogP contribution >= 0.6 is 0 Å². The fourth-order valence-corrected chi connectivity index (χ4v) is 1.78. The minimum atomic E-state index is -0.400. The van der Waals surface area contributed by atoms with Crippen molar-refractivity contribution in [3.05, 3.63) is 35.9 Å². The molecule has 2 heteroatoms. The van der Waals surface area contributed by atoms with Crippen molar-refractivity contribution in [3.63, 3.8) is 0 Å². The minimum absolute atomic E-state index is 0.161. The van der Waals surface area contributed by atoms with Crippen molar-refractivity contribution in [1.82, 2.24) is 4.90 Å². The Bertz CT molecular complexity index is 286. The normalized spacial score (nSPS) is 15.1. The topological polar surface area (TPSA) is 23.5 Å². The highest BCUT2D eigenvalue weighted by Crippen LogP contribution is 2.19. The van der Waals surface area contributed by atoms with Crippen LogP contribution in [0.3, 0.4) is 0 Å². The third-order valence-electron chi connectivity index (χ3n) is 3.16. The van der Waals surface area contributed by atoms with Crippen LogP contribution in [0.2, 0.25) is 0 Å². The van der Waals surface area contributed by atoms with E-state index in [0.717, 1.165) is 12.1 Å². The maximum atomic E-state index is 10.2. The smallest absolute Gasteiger partial charge is 0.0942 e. The van der Waals surface area contributed by atoms with E-state index in [9.17, 15) is 5.11 Å². The monoisotopic (exact) mass is 221 g/mol. The molecule has 2 atom stereocenters. The highest BCUT2D eigenvalue weighted by Gasteiger charge is 2.19. The SMILES string of the molecule is CCCCN(C)[C@H](C)[C@H](O)c1ccccc1. The Hall–Kier alpha value is -0.860. The van der Waals surface area contributed by atoms with E-state index in [1.807, 2.05) is 30.3 Å². The largest absolute Gasteiger partial charge is 0.387 e. The summed E-state index contributed by atoms with van der Waals surface area (Å²) in [7, 11) is 2.08. The Morgan fingerprint density at radius 3 is 2.44 bits per heavy atom. The van der Waals surface area contributed by atoms with E-state index in [1.54, 1.807) is 0 Å². The molecule has 2 nitrogen and oxygen atoms in total. The molecule has 0 unspecified atom stereocenters. The van der Waals surface area contributed by atoms with Crippen LogP contribution < -0.4 is 0 Å². The van der Waals surface area contributed by atoms with Crippen LogP contribution in [0.25, 0.3) is 0 Å². The molecule has 0 aliphatic heterocycles. The number of nitrogens with zero attached hydrogens (tertiary/aromatic N) is 1. The molecule has 1 N–H and O–H groups in total. The lowest BCUT2D eigenvalue weighted by Gasteiger charge is -2.29. The summed E-state index contributed by atoms with van der Waals surface area (Å²) in [6, 6.07) is 10.0. The van der Waals surface area contributed by atoms with Crippen molar-refractivity contribution in [2.45, 2.75) is 38.8 Å². The molecule has 0 aliphatic rings. The van der Waals surface area contributed by atoms with Gasteiger partial charge in [-0.1, -0.05) is 43.7 Å². The minimum Gasteiger partial charge on any atom is -0.387 e. The van der Waals surface area contributed by atoms with E-state index in [0.29, 0.717) is 0 Å². The van der Waals surface area contributed by atoms with E-state index in [2.05, 4.69) is 25.8 Å². The molecular formula is C14H23NO. The van der Waals surface area contributed by atoms with Gasteiger partial charge in [0.2, 0.25) is 0 Å². The lowest BCUT2D eigenvalue weighted by molar-refractivity contribution is 0.0719. The van der Waals surface area contributed by atoms with Crippen LogP contribution in [0.15, 0.2) is 30.3 Å². The van der Waals surface area contributed by atoms with Crippen LogP contribution in [-0.4, -0.2) is 29.6 Å². The van der Waals surface area contributed by atoms with Gasteiger partial charge in [-0.2, -0.15) is 0 Å². The first-order valence-corrected chi connectivity index (χ1v) is 6.10. The van der Waals surface area contributed by atoms with Gasteiger partial charge < -0.3 is 10.0 Å². The third kappa shape index (κ3) is 3.62. The number of hydrogen-bond donors (Lipinski definition) is 1. The lowest BCUT2D eigenvalue weighted by Crippen LogP contribution is -2.35. The van der Waals surface area contributed by atoms with Crippen LogP contribution in [0.5, 0.6) is 0 Å². The van der Waals surface area contributed by atoms with Crippen molar-refractivity contribution in [2.75, 3.05) is 13.6 Å². The van der Waals surface area contributed by atoms with Crippen LogP contribution in [0, 0.1) is 0 Å². The summed E-state index contributed by atoms with van der Waals surface area (Å²) < 4.78 is 0. The first-order chi connectivity index (χ1) is 7.66. The van der Waals surface area contributed by atoms with Gasteiger partial charge in [-0.05, 0) is 32.5 Å². The summed E-state index contributed by atoms with van der Waals surface area (Å²) in [4.78, 5) is 2.22. The first kappa shape index (κ1) is 13.2. The summed E-state index contributed by atoms with van der Waals surface area (Å²) in [5, 5.41) is 10.2. The van der Waals surface area contributed by atoms with E-state index in [1.165, 1.54) is 12.8 Å². The molecule has 1 aromatic rings.